The van der Waals surface area contributed by atoms with Crippen molar-refractivity contribution in [2.24, 2.45) is 10.7 Å². The molecule has 6 heteroatoms. The number of amidine groups is 1. The summed E-state index contributed by atoms with van der Waals surface area (Å²) in [6.45, 7) is 6.21. The van der Waals surface area contributed by atoms with Crippen molar-refractivity contribution in [3.63, 3.8) is 0 Å². The molecule has 0 aliphatic carbocycles. The normalized spacial score (nSPS) is 16.2. The first kappa shape index (κ1) is 21.3. The minimum Gasteiger partial charge on any atom is -0.457 e. The minimum atomic E-state index is -0.673. The number of nitrogens with zero attached hydrogens (tertiary/aromatic N) is 2. The molecule has 6 nitrogen and oxygen atoms in total. The van der Waals surface area contributed by atoms with Crippen LogP contribution in [-0.4, -0.2) is 41.1 Å². The maximum absolute atomic E-state index is 11.7. The number of carbonyl (C=O) groups is 1. The molecule has 1 atom stereocenters. The van der Waals surface area contributed by atoms with E-state index in [4.69, 9.17) is 10.5 Å². The highest BCUT2D eigenvalue weighted by Crippen LogP contribution is 2.34. The summed E-state index contributed by atoms with van der Waals surface area (Å²) in [5.74, 6) is 0.222. The zero-order chi connectivity index (χ0) is 22.0. The van der Waals surface area contributed by atoms with Gasteiger partial charge in [-0.1, -0.05) is 32.0 Å². The molecule has 0 aromatic heterocycles. The Morgan fingerprint density at radius 1 is 1.13 bits per heavy atom. The number of aliphatic imine (C=N–C) groups is 1. The first-order chi connectivity index (χ1) is 15.0. The minimum absolute atomic E-state index is 0.266. The van der Waals surface area contributed by atoms with E-state index in [1.807, 2.05) is 42.5 Å². The van der Waals surface area contributed by atoms with Crippen LogP contribution in [0.3, 0.4) is 0 Å². The molecular weight excluding hydrogens is 390 g/mol. The van der Waals surface area contributed by atoms with Gasteiger partial charge in [-0.2, -0.15) is 0 Å². The molecule has 2 aliphatic heterocycles. The molecule has 0 saturated carbocycles. The number of rotatable bonds is 7. The molecule has 0 fully saturated rings. The van der Waals surface area contributed by atoms with E-state index in [1.54, 1.807) is 0 Å². The summed E-state index contributed by atoms with van der Waals surface area (Å²) in [6.07, 6.45) is 3.73. The molecule has 0 radical (unpaired) electrons. The molecule has 2 aliphatic rings. The van der Waals surface area contributed by atoms with Crippen LogP contribution >= 0.6 is 0 Å². The van der Waals surface area contributed by atoms with Crippen molar-refractivity contribution in [1.29, 1.82) is 0 Å². The second kappa shape index (κ2) is 9.04. The number of cyclic esters (lactones) is 1. The van der Waals surface area contributed by atoms with Crippen LogP contribution in [0.15, 0.2) is 47.0 Å². The van der Waals surface area contributed by atoms with Gasteiger partial charge in [-0.15, -0.1) is 0 Å². The monoisotopic (exact) mass is 419 g/mol. The zero-order valence-corrected chi connectivity index (χ0v) is 18.1. The lowest BCUT2D eigenvalue weighted by Gasteiger charge is -2.28. The summed E-state index contributed by atoms with van der Waals surface area (Å²) in [7, 11) is 0. The summed E-state index contributed by atoms with van der Waals surface area (Å²) in [5.41, 5.74) is 12.3. The lowest BCUT2D eigenvalue weighted by molar-refractivity contribution is 0.0323. The molecular formula is C25H29N3O3. The fourth-order valence-corrected chi connectivity index (χ4v) is 4.24. The molecule has 0 spiro atoms. The second-order valence-corrected chi connectivity index (χ2v) is 8.13. The van der Waals surface area contributed by atoms with E-state index >= 15 is 0 Å². The predicted molar refractivity (Wildman–Crippen MR) is 123 cm³/mol. The van der Waals surface area contributed by atoms with Gasteiger partial charge in [0.15, 0.2) is 0 Å². The van der Waals surface area contributed by atoms with Gasteiger partial charge < -0.3 is 15.6 Å². The maximum Gasteiger partial charge on any atom is 0.338 e. The van der Waals surface area contributed by atoms with Crippen molar-refractivity contribution in [1.82, 2.24) is 4.90 Å². The number of hydrogen-bond acceptors (Lipinski definition) is 6. The summed E-state index contributed by atoms with van der Waals surface area (Å²) in [5, 5.41) is 11.0. The van der Waals surface area contributed by atoms with Gasteiger partial charge in [0.25, 0.3) is 0 Å². The first-order valence-corrected chi connectivity index (χ1v) is 10.9. The van der Waals surface area contributed by atoms with Crippen molar-refractivity contribution in [2.75, 3.05) is 13.1 Å². The van der Waals surface area contributed by atoms with E-state index in [9.17, 15) is 9.90 Å². The van der Waals surface area contributed by atoms with Crippen LogP contribution in [0.1, 0.15) is 54.6 Å². The van der Waals surface area contributed by atoms with Gasteiger partial charge in [0.2, 0.25) is 0 Å². The number of aliphatic hydroxyl groups is 1. The smallest absolute Gasteiger partial charge is 0.338 e. The van der Waals surface area contributed by atoms with E-state index in [1.165, 1.54) is 0 Å². The van der Waals surface area contributed by atoms with Crippen LogP contribution in [0.5, 0.6) is 0 Å². The standard InChI is InChI=1S/C25H29N3O3/c1-3-9-28(10-4-2)24(29)19-12-18-6-5-17(13-22(18)27-23(26)14-19)16-7-8-21-20(11-16)15-31-25(21)30/h5-8,11-13,24,29H,3-4,9-10,14-15H2,1-2H3,(H2,26,27). The van der Waals surface area contributed by atoms with Crippen molar-refractivity contribution >= 4 is 23.6 Å². The number of fused-ring (bicyclic) bond motifs is 2. The second-order valence-electron chi connectivity index (χ2n) is 8.13. The fourth-order valence-electron chi connectivity index (χ4n) is 4.24. The Bertz CT molecular complexity index is 1050. The van der Waals surface area contributed by atoms with Gasteiger partial charge in [-0.25, -0.2) is 9.79 Å². The van der Waals surface area contributed by atoms with Crippen molar-refractivity contribution in [3.8, 4) is 11.1 Å². The van der Waals surface area contributed by atoms with Crippen LogP contribution in [0.4, 0.5) is 5.69 Å². The molecule has 162 valence electrons. The Balaban J connectivity index is 1.67. The first-order valence-electron chi connectivity index (χ1n) is 10.9. The Morgan fingerprint density at radius 2 is 1.84 bits per heavy atom. The SMILES string of the molecule is CCCN(CCC)C(O)C1=Cc2ccc(-c3ccc4c(c3)COC4=O)cc2N=C(N)C1. The maximum atomic E-state index is 11.7. The van der Waals surface area contributed by atoms with Gasteiger partial charge >= 0.3 is 5.97 Å². The molecule has 2 aromatic rings. The average Bonchev–Trinajstić information content (AvgIpc) is 3.04. The van der Waals surface area contributed by atoms with E-state index in [-0.39, 0.29) is 5.97 Å². The number of benzene rings is 2. The van der Waals surface area contributed by atoms with Gasteiger partial charge in [0, 0.05) is 30.6 Å². The van der Waals surface area contributed by atoms with E-state index in [0.29, 0.717) is 24.4 Å². The lowest BCUT2D eigenvalue weighted by Crippen LogP contribution is -2.38. The fraction of sp³-hybridized carbons (Fsp3) is 0.360. The molecule has 1 unspecified atom stereocenters. The van der Waals surface area contributed by atoms with Crippen molar-refractivity contribution < 1.29 is 14.6 Å². The number of aliphatic hydroxyl groups excluding tert-OH is 1. The number of carbonyl (C=O) groups excluding carboxylic acids is 1. The molecule has 4 rings (SSSR count). The Morgan fingerprint density at radius 3 is 2.58 bits per heavy atom. The lowest BCUT2D eigenvalue weighted by atomic mass is 9.98. The third-order valence-electron chi connectivity index (χ3n) is 5.74. The Hall–Kier alpha value is -2.96. The summed E-state index contributed by atoms with van der Waals surface area (Å²) >= 11 is 0. The zero-order valence-electron chi connectivity index (χ0n) is 18.1. The third-order valence-corrected chi connectivity index (χ3v) is 5.74. The molecule has 0 amide bonds. The molecule has 2 heterocycles. The average molecular weight is 420 g/mol. The quantitative estimate of drug-likeness (QED) is 0.518. The van der Waals surface area contributed by atoms with Crippen LogP contribution in [-0.2, 0) is 11.3 Å². The van der Waals surface area contributed by atoms with E-state index in [0.717, 1.165) is 59.4 Å². The highest BCUT2D eigenvalue weighted by atomic mass is 16.5. The van der Waals surface area contributed by atoms with Crippen LogP contribution < -0.4 is 5.73 Å². The van der Waals surface area contributed by atoms with Gasteiger partial charge in [-0.3, -0.25) is 4.90 Å². The van der Waals surface area contributed by atoms with Crippen molar-refractivity contribution in [3.05, 3.63) is 58.7 Å². The highest BCUT2D eigenvalue weighted by Gasteiger charge is 2.23. The topological polar surface area (TPSA) is 88.2 Å². The molecule has 2 aromatic carbocycles. The molecule has 3 N–H and O–H groups in total. The molecule has 0 saturated heterocycles. The number of esters is 1. The van der Waals surface area contributed by atoms with Crippen molar-refractivity contribution in [2.45, 2.75) is 45.9 Å². The van der Waals surface area contributed by atoms with E-state index in [2.05, 4.69) is 23.7 Å². The summed E-state index contributed by atoms with van der Waals surface area (Å²) in [6, 6.07) is 11.8. The van der Waals surface area contributed by atoms with Crippen LogP contribution in [0, 0.1) is 0 Å². The number of hydrogen-bond donors (Lipinski definition) is 2. The molecule has 0 bridgehead atoms. The third kappa shape index (κ3) is 4.40. The number of ether oxygens (including phenoxy) is 1. The van der Waals surface area contributed by atoms with Crippen LogP contribution in [0.25, 0.3) is 17.2 Å². The Labute approximate surface area is 183 Å². The molecule has 31 heavy (non-hydrogen) atoms. The van der Waals surface area contributed by atoms with Gasteiger partial charge in [0.05, 0.1) is 11.3 Å². The summed E-state index contributed by atoms with van der Waals surface area (Å²) < 4.78 is 5.11. The highest BCUT2D eigenvalue weighted by molar-refractivity contribution is 5.94. The van der Waals surface area contributed by atoms with E-state index < -0.39 is 6.23 Å². The largest absolute Gasteiger partial charge is 0.457 e. The van der Waals surface area contributed by atoms with Gasteiger partial charge in [0.1, 0.15) is 18.7 Å². The van der Waals surface area contributed by atoms with Crippen LogP contribution in [0.2, 0.25) is 0 Å². The Kier molecular flexibility index (Phi) is 6.20. The predicted octanol–water partition coefficient (Wildman–Crippen LogP) is 4.24. The summed E-state index contributed by atoms with van der Waals surface area (Å²) in [4.78, 5) is 18.4. The van der Waals surface area contributed by atoms with Gasteiger partial charge in [-0.05, 0) is 53.8 Å². The number of nitrogens with two attached hydrogens (primary N) is 1.